The standard InChI is InChI=1S/C18H21N3O5/c1-18(19,10-12-4-5-14(22)15(23)9-12)17(25)26-8-7-21-16(24)13-3-2-6-20-11-13/h2-6,9,11,22-23H,7-8,10,19H2,1H3,(H,21,24). The molecule has 8 heteroatoms. The lowest BCUT2D eigenvalue weighted by molar-refractivity contribution is -0.149. The van der Waals surface area contributed by atoms with E-state index in [0.717, 1.165) is 0 Å². The second-order valence-electron chi connectivity index (χ2n) is 6.05. The van der Waals surface area contributed by atoms with Gasteiger partial charge in [0, 0.05) is 18.8 Å². The maximum absolute atomic E-state index is 12.2. The van der Waals surface area contributed by atoms with Gasteiger partial charge in [-0.3, -0.25) is 14.6 Å². The fourth-order valence-electron chi connectivity index (χ4n) is 2.25. The summed E-state index contributed by atoms with van der Waals surface area (Å²) in [6.45, 7) is 1.61. The van der Waals surface area contributed by atoms with Crippen molar-refractivity contribution in [1.82, 2.24) is 10.3 Å². The molecule has 0 bridgehead atoms. The Labute approximate surface area is 150 Å². The minimum Gasteiger partial charge on any atom is -0.504 e. The van der Waals surface area contributed by atoms with Gasteiger partial charge in [0.25, 0.3) is 5.91 Å². The van der Waals surface area contributed by atoms with Crippen molar-refractivity contribution in [1.29, 1.82) is 0 Å². The molecule has 1 aromatic carbocycles. The third-order valence-corrected chi connectivity index (χ3v) is 3.62. The van der Waals surface area contributed by atoms with Crippen molar-refractivity contribution < 1.29 is 24.5 Å². The first-order valence-electron chi connectivity index (χ1n) is 7.95. The number of pyridine rings is 1. The molecule has 5 N–H and O–H groups in total. The molecule has 0 aliphatic rings. The van der Waals surface area contributed by atoms with E-state index in [1.807, 2.05) is 0 Å². The second kappa shape index (κ2) is 8.30. The molecule has 8 nitrogen and oxygen atoms in total. The Balaban J connectivity index is 1.80. The molecule has 2 rings (SSSR count). The van der Waals surface area contributed by atoms with Crippen LogP contribution in [0.15, 0.2) is 42.7 Å². The lowest BCUT2D eigenvalue weighted by atomic mass is 9.94. The number of phenols is 2. The molecular weight excluding hydrogens is 338 g/mol. The lowest BCUT2D eigenvalue weighted by Gasteiger charge is -2.22. The Morgan fingerprint density at radius 3 is 2.69 bits per heavy atom. The Hall–Kier alpha value is -3.13. The van der Waals surface area contributed by atoms with Gasteiger partial charge in [-0.05, 0) is 36.8 Å². The maximum atomic E-state index is 12.2. The number of esters is 1. The van der Waals surface area contributed by atoms with Crippen LogP contribution in [0.4, 0.5) is 0 Å². The number of carbonyl (C=O) groups is 2. The average Bonchev–Trinajstić information content (AvgIpc) is 2.62. The van der Waals surface area contributed by atoms with Gasteiger partial charge in [0.1, 0.15) is 12.1 Å². The highest BCUT2D eigenvalue weighted by Crippen LogP contribution is 2.26. The number of ether oxygens (including phenoxy) is 1. The number of hydrogen-bond acceptors (Lipinski definition) is 7. The predicted molar refractivity (Wildman–Crippen MR) is 93.6 cm³/mol. The van der Waals surface area contributed by atoms with Crippen LogP contribution in [0.25, 0.3) is 0 Å². The third-order valence-electron chi connectivity index (χ3n) is 3.62. The van der Waals surface area contributed by atoms with Crippen LogP contribution in [-0.2, 0) is 16.0 Å². The number of hydrogen-bond donors (Lipinski definition) is 4. The average molecular weight is 359 g/mol. The molecule has 1 atom stereocenters. The number of nitrogens with one attached hydrogen (secondary N) is 1. The minimum atomic E-state index is -1.32. The molecule has 0 fully saturated rings. The van der Waals surface area contributed by atoms with Gasteiger partial charge < -0.3 is 26.0 Å². The molecule has 0 saturated carbocycles. The number of aromatic nitrogens is 1. The molecule has 26 heavy (non-hydrogen) atoms. The quantitative estimate of drug-likeness (QED) is 0.325. The summed E-state index contributed by atoms with van der Waals surface area (Å²) in [7, 11) is 0. The molecule has 0 saturated heterocycles. The van der Waals surface area contributed by atoms with Crippen molar-refractivity contribution in [3.63, 3.8) is 0 Å². The number of nitrogens with two attached hydrogens (primary N) is 1. The largest absolute Gasteiger partial charge is 0.504 e. The van der Waals surface area contributed by atoms with E-state index in [-0.39, 0.29) is 37.0 Å². The summed E-state index contributed by atoms with van der Waals surface area (Å²) in [6, 6.07) is 7.48. The summed E-state index contributed by atoms with van der Waals surface area (Å²) in [5.74, 6) is -1.49. The van der Waals surface area contributed by atoms with Crippen LogP contribution in [0.3, 0.4) is 0 Å². The number of nitrogens with zero attached hydrogens (tertiary/aromatic N) is 1. The lowest BCUT2D eigenvalue weighted by Crippen LogP contribution is -2.48. The van der Waals surface area contributed by atoms with Gasteiger partial charge in [0.05, 0.1) is 12.1 Å². The molecule has 1 aromatic heterocycles. The van der Waals surface area contributed by atoms with E-state index < -0.39 is 11.5 Å². The number of aromatic hydroxyl groups is 2. The van der Waals surface area contributed by atoms with Crippen molar-refractivity contribution in [2.45, 2.75) is 18.9 Å². The number of amides is 1. The summed E-state index contributed by atoms with van der Waals surface area (Å²) in [5.41, 5.74) is 5.66. The zero-order valence-electron chi connectivity index (χ0n) is 14.3. The summed E-state index contributed by atoms with van der Waals surface area (Å²) in [4.78, 5) is 27.8. The first kappa shape index (κ1) is 19.2. The Bertz CT molecular complexity index is 778. The topological polar surface area (TPSA) is 135 Å². The summed E-state index contributed by atoms with van der Waals surface area (Å²) in [5, 5.41) is 21.4. The van der Waals surface area contributed by atoms with Gasteiger partial charge in [-0.2, -0.15) is 0 Å². The van der Waals surface area contributed by atoms with E-state index in [1.54, 1.807) is 24.4 Å². The molecule has 1 heterocycles. The highest BCUT2D eigenvalue weighted by atomic mass is 16.5. The number of carbonyl (C=O) groups excluding carboxylic acids is 2. The maximum Gasteiger partial charge on any atom is 0.326 e. The Morgan fingerprint density at radius 1 is 1.27 bits per heavy atom. The molecule has 2 aromatic rings. The van der Waals surface area contributed by atoms with Gasteiger partial charge in [-0.1, -0.05) is 6.07 Å². The molecule has 0 radical (unpaired) electrons. The van der Waals surface area contributed by atoms with E-state index in [9.17, 15) is 19.8 Å². The first-order valence-corrected chi connectivity index (χ1v) is 7.95. The van der Waals surface area contributed by atoms with E-state index in [0.29, 0.717) is 11.1 Å². The molecule has 0 spiro atoms. The number of benzene rings is 1. The molecule has 1 unspecified atom stereocenters. The highest BCUT2D eigenvalue weighted by Gasteiger charge is 2.30. The van der Waals surface area contributed by atoms with E-state index in [1.165, 1.54) is 25.3 Å². The summed E-state index contributed by atoms with van der Waals surface area (Å²) in [6.07, 6.45) is 3.11. The van der Waals surface area contributed by atoms with Gasteiger partial charge >= 0.3 is 5.97 Å². The molecule has 138 valence electrons. The normalized spacial score (nSPS) is 12.8. The summed E-state index contributed by atoms with van der Waals surface area (Å²) >= 11 is 0. The molecule has 1 amide bonds. The second-order valence-corrected chi connectivity index (χ2v) is 6.05. The van der Waals surface area contributed by atoms with Crippen LogP contribution in [-0.4, -0.2) is 45.8 Å². The Morgan fingerprint density at radius 2 is 2.04 bits per heavy atom. The van der Waals surface area contributed by atoms with Gasteiger partial charge in [-0.15, -0.1) is 0 Å². The van der Waals surface area contributed by atoms with Gasteiger partial charge in [0.2, 0.25) is 0 Å². The van der Waals surface area contributed by atoms with Crippen LogP contribution in [0.1, 0.15) is 22.8 Å². The fraction of sp³-hybridized carbons (Fsp3) is 0.278. The SMILES string of the molecule is CC(N)(Cc1ccc(O)c(O)c1)C(=O)OCCNC(=O)c1cccnc1. The van der Waals surface area contributed by atoms with E-state index in [4.69, 9.17) is 10.5 Å². The molecular formula is C18H21N3O5. The number of phenolic OH excluding ortho intramolecular Hbond substituents is 2. The van der Waals surface area contributed by atoms with Crippen LogP contribution >= 0.6 is 0 Å². The smallest absolute Gasteiger partial charge is 0.326 e. The number of rotatable bonds is 7. The zero-order valence-corrected chi connectivity index (χ0v) is 14.3. The van der Waals surface area contributed by atoms with Crippen molar-refractivity contribution in [2.24, 2.45) is 5.73 Å². The molecule has 0 aliphatic carbocycles. The van der Waals surface area contributed by atoms with Gasteiger partial charge in [0.15, 0.2) is 11.5 Å². The Kier molecular flexibility index (Phi) is 6.13. The zero-order chi connectivity index (χ0) is 19.2. The van der Waals surface area contributed by atoms with Gasteiger partial charge in [-0.25, -0.2) is 0 Å². The minimum absolute atomic E-state index is 0.0293. The summed E-state index contributed by atoms with van der Waals surface area (Å²) < 4.78 is 5.11. The highest BCUT2D eigenvalue weighted by molar-refractivity contribution is 5.93. The predicted octanol–water partition coefficient (Wildman–Crippen LogP) is 0.726. The van der Waals surface area contributed by atoms with Crippen LogP contribution in [0.2, 0.25) is 0 Å². The fourth-order valence-corrected chi connectivity index (χ4v) is 2.25. The third kappa shape index (κ3) is 5.18. The molecule has 0 aliphatic heterocycles. The first-order chi connectivity index (χ1) is 12.3. The van der Waals surface area contributed by atoms with Crippen LogP contribution < -0.4 is 11.1 Å². The van der Waals surface area contributed by atoms with E-state index >= 15 is 0 Å². The van der Waals surface area contributed by atoms with Crippen molar-refractivity contribution >= 4 is 11.9 Å². The van der Waals surface area contributed by atoms with Crippen molar-refractivity contribution in [3.8, 4) is 11.5 Å². The monoisotopic (exact) mass is 359 g/mol. The van der Waals surface area contributed by atoms with Crippen molar-refractivity contribution in [2.75, 3.05) is 13.2 Å². The van der Waals surface area contributed by atoms with Crippen molar-refractivity contribution in [3.05, 3.63) is 53.9 Å². The van der Waals surface area contributed by atoms with E-state index in [2.05, 4.69) is 10.3 Å². The van der Waals surface area contributed by atoms with Crippen LogP contribution in [0, 0.1) is 0 Å². The van der Waals surface area contributed by atoms with Crippen LogP contribution in [0.5, 0.6) is 11.5 Å².